The van der Waals surface area contributed by atoms with Crippen molar-refractivity contribution in [2.45, 2.75) is 0 Å². The lowest BCUT2D eigenvalue weighted by Gasteiger charge is -2.13. The second-order valence-electron chi connectivity index (χ2n) is 3.32. The van der Waals surface area contributed by atoms with Gasteiger partial charge in [0, 0.05) is 5.56 Å². The molecule has 0 saturated carbocycles. The lowest BCUT2D eigenvalue weighted by atomic mass is 10.0. The molecule has 0 aliphatic carbocycles. The van der Waals surface area contributed by atoms with Crippen LogP contribution in [0.2, 0.25) is 0 Å². The predicted molar refractivity (Wildman–Crippen MR) is 56.4 cm³/mol. The first-order valence-electron chi connectivity index (χ1n) is 4.68. The molecule has 1 aliphatic rings. The molecule has 0 spiro atoms. The number of benzene rings is 2. The maximum absolute atomic E-state index is 5.51. The Hall–Kier alpha value is -1.76. The summed E-state index contributed by atoms with van der Waals surface area (Å²) in [5.41, 5.74) is 1.08. The highest BCUT2D eigenvalue weighted by molar-refractivity contribution is 5.88. The maximum Gasteiger partial charge on any atom is 0.128 e. The molecule has 0 saturated heterocycles. The van der Waals surface area contributed by atoms with Crippen LogP contribution < -0.4 is 4.74 Å². The Morgan fingerprint density at radius 3 is 3.00 bits per heavy atom. The molecule has 1 nitrogen and oxygen atoms in total. The van der Waals surface area contributed by atoms with Crippen molar-refractivity contribution < 1.29 is 4.74 Å². The first-order valence-corrected chi connectivity index (χ1v) is 4.68. The molecule has 1 aliphatic heterocycles. The predicted octanol–water partition coefficient (Wildman–Crippen LogP) is 2.94. The van der Waals surface area contributed by atoms with E-state index >= 15 is 0 Å². The fourth-order valence-electron chi connectivity index (χ4n) is 1.80. The molecular formula is C13H9O. The molecule has 0 N–H and O–H groups in total. The monoisotopic (exact) mass is 181 g/mol. The molecule has 1 radical (unpaired) electrons. The fourth-order valence-corrected chi connectivity index (χ4v) is 1.80. The second-order valence-corrected chi connectivity index (χ2v) is 3.32. The molecule has 0 bridgehead atoms. The average molecular weight is 181 g/mol. The molecule has 2 aromatic rings. The quantitative estimate of drug-likeness (QED) is 0.607. The maximum atomic E-state index is 5.51. The van der Waals surface area contributed by atoms with Crippen LogP contribution in [0.4, 0.5) is 0 Å². The van der Waals surface area contributed by atoms with Crippen molar-refractivity contribution in [2.24, 2.45) is 0 Å². The van der Waals surface area contributed by atoms with Gasteiger partial charge in [0.2, 0.25) is 0 Å². The number of ether oxygens (including phenoxy) is 1. The lowest BCUT2D eigenvalue weighted by molar-refractivity contribution is 0.355. The van der Waals surface area contributed by atoms with Gasteiger partial charge in [0.15, 0.2) is 0 Å². The molecule has 0 amide bonds. The van der Waals surface area contributed by atoms with Crippen LogP contribution in [-0.4, -0.2) is 6.61 Å². The van der Waals surface area contributed by atoms with E-state index in [9.17, 15) is 0 Å². The number of rotatable bonds is 0. The van der Waals surface area contributed by atoms with E-state index < -0.39 is 0 Å². The van der Waals surface area contributed by atoms with E-state index in [0.717, 1.165) is 11.3 Å². The highest BCUT2D eigenvalue weighted by Crippen LogP contribution is 2.29. The fraction of sp³-hybridized carbons (Fsp3) is 0.0769. The summed E-state index contributed by atoms with van der Waals surface area (Å²) in [6, 6.07) is 12.4. The van der Waals surface area contributed by atoms with Crippen LogP contribution in [0.5, 0.6) is 5.75 Å². The lowest BCUT2D eigenvalue weighted by Crippen LogP contribution is -2.01. The minimum atomic E-state index is 0.630. The Bertz CT molecular complexity index is 512. The van der Waals surface area contributed by atoms with Crippen LogP contribution in [0, 0.1) is 6.08 Å². The molecule has 0 aromatic heterocycles. The highest BCUT2D eigenvalue weighted by atomic mass is 16.5. The minimum Gasteiger partial charge on any atom is -0.489 e. The van der Waals surface area contributed by atoms with Crippen molar-refractivity contribution in [3.8, 4) is 5.75 Å². The molecule has 0 unspecified atom stereocenters. The Labute approximate surface area is 82.6 Å². The summed E-state index contributed by atoms with van der Waals surface area (Å²) in [7, 11) is 0. The van der Waals surface area contributed by atoms with Crippen molar-refractivity contribution in [1.82, 2.24) is 0 Å². The Balaban J connectivity index is 2.42. The van der Waals surface area contributed by atoms with Crippen LogP contribution in [0.25, 0.3) is 10.8 Å². The third-order valence-corrected chi connectivity index (χ3v) is 2.46. The van der Waals surface area contributed by atoms with Crippen LogP contribution in [0.3, 0.4) is 0 Å². The first-order chi connectivity index (χ1) is 6.95. The van der Waals surface area contributed by atoms with E-state index in [-0.39, 0.29) is 0 Å². The molecule has 0 fully saturated rings. The van der Waals surface area contributed by atoms with Gasteiger partial charge in [-0.25, -0.2) is 0 Å². The third-order valence-electron chi connectivity index (χ3n) is 2.46. The molecule has 67 valence electrons. The average Bonchev–Trinajstić information content (AvgIpc) is 2.29. The summed E-state index contributed by atoms with van der Waals surface area (Å²) in [5.74, 6) is 0.936. The Morgan fingerprint density at radius 2 is 2.00 bits per heavy atom. The van der Waals surface area contributed by atoms with Gasteiger partial charge >= 0.3 is 0 Å². The van der Waals surface area contributed by atoms with Crippen molar-refractivity contribution in [3.05, 3.63) is 54.1 Å². The summed E-state index contributed by atoms with van der Waals surface area (Å²) >= 11 is 0. The summed E-state index contributed by atoms with van der Waals surface area (Å²) < 4.78 is 5.51. The molecule has 1 heterocycles. The SMILES string of the molecule is [C]1=CCOc2ccc3ccccc3c21. The van der Waals surface area contributed by atoms with Gasteiger partial charge in [0.25, 0.3) is 0 Å². The Kier molecular flexibility index (Phi) is 1.57. The first kappa shape index (κ1) is 7.63. The molecule has 3 rings (SSSR count). The molecule has 14 heavy (non-hydrogen) atoms. The van der Waals surface area contributed by atoms with Gasteiger partial charge in [-0.15, -0.1) is 0 Å². The largest absolute Gasteiger partial charge is 0.489 e. The van der Waals surface area contributed by atoms with E-state index in [1.54, 1.807) is 0 Å². The van der Waals surface area contributed by atoms with E-state index in [1.165, 1.54) is 10.8 Å². The van der Waals surface area contributed by atoms with Gasteiger partial charge < -0.3 is 4.74 Å². The van der Waals surface area contributed by atoms with Gasteiger partial charge in [-0.2, -0.15) is 0 Å². The van der Waals surface area contributed by atoms with Gasteiger partial charge in [-0.05, 0) is 29.0 Å². The smallest absolute Gasteiger partial charge is 0.128 e. The van der Waals surface area contributed by atoms with E-state index in [1.807, 2.05) is 24.3 Å². The number of hydrogen-bond donors (Lipinski definition) is 0. The van der Waals surface area contributed by atoms with Gasteiger partial charge in [0.1, 0.15) is 12.4 Å². The molecule has 0 atom stereocenters. The van der Waals surface area contributed by atoms with Crippen molar-refractivity contribution >= 4 is 10.8 Å². The second kappa shape index (κ2) is 2.88. The van der Waals surface area contributed by atoms with Crippen molar-refractivity contribution in [2.75, 3.05) is 6.61 Å². The summed E-state index contributed by atoms with van der Waals surface area (Å²) in [5, 5.41) is 2.44. The zero-order valence-corrected chi connectivity index (χ0v) is 7.66. The normalized spacial score (nSPS) is 13.7. The van der Waals surface area contributed by atoms with Crippen LogP contribution in [-0.2, 0) is 0 Å². The van der Waals surface area contributed by atoms with Gasteiger partial charge in [-0.1, -0.05) is 30.3 Å². The van der Waals surface area contributed by atoms with E-state index in [4.69, 9.17) is 4.74 Å². The molecule has 2 aromatic carbocycles. The number of fused-ring (bicyclic) bond motifs is 3. The number of hydrogen-bond acceptors (Lipinski definition) is 1. The Morgan fingerprint density at radius 1 is 1.07 bits per heavy atom. The van der Waals surface area contributed by atoms with Crippen LogP contribution in [0.15, 0.2) is 42.5 Å². The zero-order valence-electron chi connectivity index (χ0n) is 7.66. The van der Waals surface area contributed by atoms with Crippen molar-refractivity contribution in [3.63, 3.8) is 0 Å². The van der Waals surface area contributed by atoms with E-state index in [2.05, 4.69) is 24.3 Å². The summed E-state index contributed by atoms with van der Waals surface area (Å²) in [4.78, 5) is 0. The van der Waals surface area contributed by atoms with E-state index in [0.29, 0.717) is 6.61 Å². The van der Waals surface area contributed by atoms with Crippen molar-refractivity contribution in [1.29, 1.82) is 0 Å². The molecular weight excluding hydrogens is 172 g/mol. The summed E-state index contributed by atoms with van der Waals surface area (Å²) in [6.07, 6.45) is 5.18. The molecule has 1 heteroatoms. The van der Waals surface area contributed by atoms with Crippen LogP contribution >= 0.6 is 0 Å². The minimum absolute atomic E-state index is 0.630. The topological polar surface area (TPSA) is 9.23 Å². The van der Waals surface area contributed by atoms with Gasteiger partial charge in [0.05, 0.1) is 0 Å². The highest BCUT2D eigenvalue weighted by Gasteiger charge is 2.08. The zero-order chi connectivity index (χ0) is 9.38. The third kappa shape index (κ3) is 1.02. The van der Waals surface area contributed by atoms with Gasteiger partial charge in [-0.3, -0.25) is 0 Å². The van der Waals surface area contributed by atoms with Crippen LogP contribution in [0.1, 0.15) is 5.56 Å². The summed E-state index contributed by atoms with van der Waals surface area (Å²) in [6.45, 7) is 0.630. The standard InChI is InChI=1S/C13H9O/c1-2-5-11-10(4-1)7-8-13-12(11)6-3-9-14-13/h1-5,7-8H,9H2.